The standard InChI is InChI=1S/C43H29N3/c1-3-9-30(10-4-1)32-15-21-35(22-16-32)41-28-42(46-43(45-41)37-25-19-33(20-26-37)31-11-5-2-6-12-31)36-23-17-34(18-24-36)39-27-38-13-7-8-14-40(38)44-29-39/h1-29H. The van der Waals surface area contributed by atoms with E-state index in [1.165, 1.54) is 16.7 Å². The van der Waals surface area contributed by atoms with E-state index in [0.717, 1.165) is 55.7 Å². The molecule has 0 N–H and O–H groups in total. The summed E-state index contributed by atoms with van der Waals surface area (Å²) in [5.74, 6) is 0.696. The van der Waals surface area contributed by atoms with Crippen LogP contribution in [0, 0.1) is 0 Å². The van der Waals surface area contributed by atoms with E-state index in [0.29, 0.717) is 5.82 Å². The number of para-hydroxylation sites is 1. The topological polar surface area (TPSA) is 38.7 Å². The Morgan fingerprint density at radius 2 is 0.717 bits per heavy atom. The molecule has 0 unspecified atom stereocenters. The number of hydrogen-bond donors (Lipinski definition) is 0. The van der Waals surface area contributed by atoms with E-state index in [9.17, 15) is 0 Å². The molecule has 0 aliphatic heterocycles. The van der Waals surface area contributed by atoms with Crippen LogP contribution in [0.2, 0.25) is 0 Å². The van der Waals surface area contributed by atoms with Gasteiger partial charge < -0.3 is 0 Å². The zero-order chi connectivity index (χ0) is 30.7. The first-order valence-corrected chi connectivity index (χ1v) is 15.4. The van der Waals surface area contributed by atoms with E-state index in [1.807, 2.05) is 36.5 Å². The van der Waals surface area contributed by atoms with Crippen LogP contribution in [0.3, 0.4) is 0 Å². The summed E-state index contributed by atoms with van der Waals surface area (Å²) in [4.78, 5) is 14.8. The van der Waals surface area contributed by atoms with Crippen LogP contribution in [0.4, 0.5) is 0 Å². The maximum Gasteiger partial charge on any atom is 0.160 e. The molecule has 0 aliphatic rings. The number of fused-ring (bicyclic) bond motifs is 1. The van der Waals surface area contributed by atoms with E-state index < -0.39 is 0 Å². The first-order valence-electron chi connectivity index (χ1n) is 15.4. The Balaban J connectivity index is 1.18. The molecule has 46 heavy (non-hydrogen) atoms. The van der Waals surface area contributed by atoms with Crippen molar-refractivity contribution in [1.29, 1.82) is 0 Å². The minimum absolute atomic E-state index is 0.696. The molecular weight excluding hydrogens is 558 g/mol. The second-order valence-electron chi connectivity index (χ2n) is 11.3. The van der Waals surface area contributed by atoms with Gasteiger partial charge in [0.25, 0.3) is 0 Å². The Labute approximate surface area is 268 Å². The van der Waals surface area contributed by atoms with Crippen molar-refractivity contribution in [3.05, 3.63) is 176 Å². The Morgan fingerprint density at radius 1 is 0.304 bits per heavy atom. The number of pyridine rings is 1. The van der Waals surface area contributed by atoms with Gasteiger partial charge in [-0.05, 0) is 46.0 Å². The van der Waals surface area contributed by atoms with Crippen LogP contribution in [0.15, 0.2) is 176 Å². The molecule has 8 rings (SSSR count). The zero-order valence-corrected chi connectivity index (χ0v) is 25.1. The van der Waals surface area contributed by atoms with Crippen LogP contribution < -0.4 is 0 Å². The molecule has 3 heteroatoms. The van der Waals surface area contributed by atoms with Crippen molar-refractivity contribution >= 4 is 10.9 Å². The van der Waals surface area contributed by atoms with Gasteiger partial charge in [-0.15, -0.1) is 0 Å². The Morgan fingerprint density at radius 3 is 1.26 bits per heavy atom. The zero-order valence-electron chi connectivity index (χ0n) is 25.1. The fourth-order valence-electron chi connectivity index (χ4n) is 5.84. The van der Waals surface area contributed by atoms with E-state index in [2.05, 4.69) is 145 Å². The average molecular weight is 588 g/mol. The lowest BCUT2D eigenvalue weighted by Gasteiger charge is -2.11. The number of rotatable bonds is 6. The summed E-state index contributed by atoms with van der Waals surface area (Å²) in [6.07, 6.45) is 1.94. The van der Waals surface area contributed by atoms with Gasteiger partial charge in [0.15, 0.2) is 5.82 Å². The van der Waals surface area contributed by atoms with Gasteiger partial charge in [-0.2, -0.15) is 0 Å². The molecule has 0 saturated heterocycles. The minimum atomic E-state index is 0.696. The number of benzene rings is 6. The monoisotopic (exact) mass is 587 g/mol. The summed E-state index contributed by atoms with van der Waals surface area (Å²) >= 11 is 0. The van der Waals surface area contributed by atoms with Gasteiger partial charge in [-0.1, -0.05) is 152 Å². The molecule has 0 fully saturated rings. The van der Waals surface area contributed by atoms with Gasteiger partial charge in [-0.25, -0.2) is 9.97 Å². The van der Waals surface area contributed by atoms with Crippen molar-refractivity contribution in [3.8, 4) is 67.3 Å². The Kier molecular flexibility index (Phi) is 7.18. The minimum Gasteiger partial charge on any atom is -0.256 e. The largest absolute Gasteiger partial charge is 0.256 e. The van der Waals surface area contributed by atoms with Crippen LogP contribution in [0.5, 0.6) is 0 Å². The molecule has 216 valence electrons. The normalized spacial score (nSPS) is 11.0. The van der Waals surface area contributed by atoms with E-state index >= 15 is 0 Å². The Hall–Kier alpha value is -6.19. The van der Waals surface area contributed by atoms with E-state index in [1.54, 1.807) is 0 Å². The maximum atomic E-state index is 5.09. The number of aromatic nitrogens is 3. The van der Waals surface area contributed by atoms with E-state index in [-0.39, 0.29) is 0 Å². The van der Waals surface area contributed by atoms with Crippen LogP contribution in [-0.2, 0) is 0 Å². The smallest absolute Gasteiger partial charge is 0.160 e. The summed E-state index contributed by atoms with van der Waals surface area (Å²) in [5.41, 5.74) is 12.7. The first-order chi connectivity index (χ1) is 22.8. The molecular formula is C43H29N3. The quantitative estimate of drug-likeness (QED) is 0.194. The molecule has 0 amide bonds. The third-order valence-electron chi connectivity index (χ3n) is 8.37. The third kappa shape index (κ3) is 5.58. The predicted molar refractivity (Wildman–Crippen MR) is 190 cm³/mol. The lowest BCUT2D eigenvalue weighted by molar-refractivity contribution is 1.18. The van der Waals surface area contributed by atoms with Crippen molar-refractivity contribution in [3.63, 3.8) is 0 Å². The second kappa shape index (κ2) is 12.1. The van der Waals surface area contributed by atoms with Crippen LogP contribution in [-0.4, -0.2) is 15.0 Å². The van der Waals surface area contributed by atoms with Crippen molar-refractivity contribution in [2.75, 3.05) is 0 Å². The van der Waals surface area contributed by atoms with Crippen LogP contribution in [0.1, 0.15) is 0 Å². The second-order valence-corrected chi connectivity index (χ2v) is 11.3. The first kappa shape index (κ1) is 27.4. The summed E-state index contributed by atoms with van der Waals surface area (Å²) in [6.45, 7) is 0. The molecule has 0 aliphatic carbocycles. The third-order valence-corrected chi connectivity index (χ3v) is 8.37. The summed E-state index contributed by atoms with van der Waals surface area (Å²) in [6, 6.07) is 59.0. The van der Waals surface area contributed by atoms with Gasteiger partial charge in [0.05, 0.1) is 16.9 Å². The van der Waals surface area contributed by atoms with Gasteiger partial charge >= 0.3 is 0 Å². The molecule has 0 radical (unpaired) electrons. The SMILES string of the molecule is c1ccc(-c2ccc(-c3cc(-c4ccc(-c5cnc6ccccc6c5)cc4)nc(-c4ccc(-c5ccccc5)cc4)n3)cc2)cc1. The summed E-state index contributed by atoms with van der Waals surface area (Å²) in [5, 5.41) is 1.13. The highest BCUT2D eigenvalue weighted by Gasteiger charge is 2.12. The molecule has 6 aromatic carbocycles. The van der Waals surface area contributed by atoms with Crippen LogP contribution >= 0.6 is 0 Å². The lowest BCUT2D eigenvalue weighted by atomic mass is 10.00. The van der Waals surface area contributed by atoms with E-state index in [4.69, 9.17) is 9.97 Å². The highest BCUT2D eigenvalue weighted by molar-refractivity contribution is 5.84. The Bertz CT molecular complexity index is 2160. The molecule has 8 aromatic rings. The molecule has 0 atom stereocenters. The number of hydrogen-bond acceptors (Lipinski definition) is 3. The average Bonchev–Trinajstić information content (AvgIpc) is 3.15. The van der Waals surface area contributed by atoms with Gasteiger partial charge in [0.1, 0.15) is 0 Å². The summed E-state index contributed by atoms with van der Waals surface area (Å²) in [7, 11) is 0. The van der Waals surface area contributed by atoms with Gasteiger partial charge in [-0.3, -0.25) is 4.98 Å². The van der Waals surface area contributed by atoms with Crippen molar-refractivity contribution in [2.45, 2.75) is 0 Å². The fraction of sp³-hybridized carbons (Fsp3) is 0. The molecule has 0 saturated carbocycles. The molecule has 3 nitrogen and oxygen atoms in total. The highest BCUT2D eigenvalue weighted by atomic mass is 14.9. The van der Waals surface area contributed by atoms with Gasteiger partial charge in [0, 0.05) is 33.8 Å². The molecule has 2 aromatic heterocycles. The number of nitrogens with zero attached hydrogens (tertiary/aromatic N) is 3. The molecule has 0 spiro atoms. The van der Waals surface area contributed by atoms with Crippen LogP contribution in [0.25, 0.3) is 78.2 Å². The van der Waals surface area contributed by atoms with Crippen molar-refractivity contribution < 1.29 is 0 Å². The highest BCUT2D eigenvalue weighted by Crippen LogP contribution is 2.32. The fourth-order valence-corrected chi connectivity index (χ4v) is 5.84. The van der Waals surface area contributed by atoms with Crippen molar-refractivity contribution in [2.24, 2.45) is 0 Å². The van der Waals surface area contributed by atoms with Crippen molar-refractivity contribution in [1.82, 2.24) is 15.0 Å². The maximum absolute atomic E-state index is 5.09. The van der Waals surface area contributed by atoms with Gasteiger partial charge in [0.2, 0.25) is 0 Å². The predicted octanol–water partition coefficient (Wildman–Crippen LogP) is 11.0. The molecule has 0 bridgehead atoms. The molecule has 2 heterocycles. The summed E-state index contributed by atoms with van der Waals surface area (Å²) < 4.78 is 0. The lowest BCUT2D eigenvalue weighted by Crippen LogP contribution is -1.96.